The van der Waals surface area contributed by atoms with E-state index >= 15 is 0 Å². The number of aryl methyl sites for hydroxylation is 3. The van der Waals surface area contributed by atoms with E-state index in [1.165, 1.54) is 7.11 Å². The van der Waals surface area contributed by atoms with Gasteiger partial charge in [0.15, 0.2) is 5.82 Å². The Morgan fingerprint density at radius 3 is 2.39 bits per heavy atom. The van der Waals surface area contributed by atoms with Crippen LogP contribution in [0.2, 0.25) is 0 Å². The predicted octanol–water partition coefficient (Wildman–Crippen LogP) is 2.72. The second-order valence-corrected chi connectivity index (χ2v) is 9.20. The summed E-state index contributed by atoms with van der Waals surface area (Å²) in [7, 11) is -0.663. The van der Waals surface area contributed by atoms with Crippen LogP contribution in [0.25, 0.3) is 11.4 Å². The number of hydrogen-bond donors (Lipinski definition) is 3. The minimum absolute atomic E-state index is 0.0650. The van der Waals surface area contributed by atoms with Gasteiger partial charge in [0, 0.05) is 19.0 Å². The zero-order valence-corrected chi connectivity index (χ0v) is 20.0. The molecule has 0 saturated carbocycles. The van der Waals surface area contributed by atoms with Gasteiger partial charge in [0.2, 0.25) is 21.9 Å². The molecule has 3 aromatic rings. The first-order chi connectivity index (χ1) is 15.6. The molecule has 0 atom stereocenters. The van der Waals surface area contributed by atoms with Crippen LogP contribution in [0.1, 0.15) is 23.1 Å². The van der Waals surface area contributed by atoms with Gasteiger partial charge in [-0.1, -0.05) is 17.7 Å². The molecule has 0 aliphatic heterocycles. The molecule has 0 radical (unpaired) electrons. The highest BCUT2D eigenvalue weighted by atomic mass is 32.2. The average molecular weight is 474 g/mol. The molecule has 0 bridgehead atoms. The standard InChI is InChI=1S/C22H27N5O5S/c1-13-10-14(2)20(15(3)11-13)33(29,30)23-9-8-19(28)24-22-25-21(26-27-22)17-7-6-16(31-4)12-18(17)32-5/h6-7,10-12,23H,8-9H2,1-5H3,(H2,24,25,26,27,28). The lowest BCUT2D eigenvalue weighted by atomic mass is 10.1. The average Bonchev–Trinajstić information content (AvgIpc) is 3.20. The van der Waals surface area contributed by atoms with Gasteiger partial charge in [0.1, 0.15) is 11.5 Å². The first-order valence-corrected chi connectivity index (χ1v) is 11.6. The maximum Gasteiger partial charge on any atom is 0.249 e. The molecule has 10 nitrogen and oxygen atoms in total. The molecule has 0 spiro atoms. The van der Waals surface area contributed by atoms with Crippen LogP contribution in [0.15, 0.2) is 35.2 Å². The zero-order valence-electron chi connectivity index (χ0n) is 19.1. The van der Waals surface area contributed by atoms with E-state index < -0.39 is 15.9 Å². The Labute approximate surface area is 192 Å². The van der Waals surface area contributed by atoms with E-state index in [9.17, 15) is 13.2 Å². The predicted molar refractivity (Wildman–Crippen MR) is 124 cm³/mol. The van der Waals surface area contributed by atoms with Gasteiger partial charge in [0.25, 0.3) is 0 Å². The van der Waals surface area contributed by atoms with Crippen LogP contribution in [0.3, 0.4) is 0 Å². The summed E-state index contributed by atoms with van der Waals surface area (Å²) in [4.78, 5) is 16.8. The first-order valence-electron chi connectivity index (χ1n) is 10.2. The molecule has 0 aliphatic rings. The lowest BCUT2D eigenvalue weighted by Gasteiger charge is -2.13. The number of carbonyl (C=O) groups is 1. The minimum Gasteiger partial charge on any atom is -0.497 e. The maximum absolute atomic E-state index is 12.7. The van der Waals surface area contributed by atoms with Crippen molar-refractivity contribution in [2.24, 2.45) is 0 Å². The van der Waals surface area contributed by atoms with E-state index in [2.05, 4.69) is 25.2 Å². The van der Waals surface area contributed by atoms with E-state index in [0.717, 1.165) is 5.56 Å². The number of H-pyrrole nitrogens is 1. The molecule has 3 N–H and O–H groups in total. The molecule has 2 aromatic carbocycles. The third kappa shape index (κ3) is 5.68. The van der Waals surface area contributed by atoms with Gasteiger partial charge in [-0.2, -0.15) is 4.98 Å². The summed E-state index contributed by atoms with van der Waals surface area (Å²) in [6.07, 6.45) is -0.0844. The van der Waals surface area contributed by atoms with Crippen LogP contribution in [0.5, 0.6) is 11.5 Å². The number of aromatic amines is 1. The number of sulfonamides is 1. The number of benzene rings is 2. The molecular formula is C22H27N5O5S. The number of hydrogen-bond acceptors (Lipinski definition) is 7. The van der Waals surface area contributed by atoms with Crippen LogP contribution in [-0.4, -0.2) is 50.3 Å². The molecule has 33 heavy (non-hydrogen) atoms. The second kappa shape index (κ2) is 10.0. The van der Waals surface area contributed by atoms with Crippen molar-refractivity contribution in [2.45, 2.75) is 32.1 Å². The molecule has 0 fully saturated rings. The number of amides is 1. The molecular weight excluding hydrogens is 446 g/mol. The van der Waals surface area contributed by atoms with Crippen molar-refractivity contribution in [1.29, 1.82) is 0 Å². The van der Waals surface area contributed by atoms with Crippen molar-refractivity contribution in [3.63, 3.8) is 0 Å². The van der Waals surface area contributed by atoms with E-state index in [1.807, 2.05) is 19.1 Å². The van der Waals surface area contributed by atoms with Crippen molar-refractivity contribution < 1.29 is 22.7 Å². The second-order valence-electron chi connectivity index (χ2n) is 7.50. The highest BCUT2D eigenvalue weighted by molar-refractivity contribution is 7.89. The van der Waals surface area contributed by atoms with E-state index in [1.54, 1.807) is 39.2 Å². The fourth-order valence-corrected chi connectivity index (χ4v) is 5.06. The van der Waals surface area contributed by atoms with Crippen molar-refractivity contribution in [3.8, 4) is 22.9 Å². The molecule has 1 heterocycles. The maximum atomic E-state index is 12.7. The van der Waals surface area contributed by atoms with Gasteiger partial charge in [-0.15, -0.1) is 5.10 Å². The Morgan fingerprint density at radius 2 is 1.76 bits per heavy atom. The Hall–Kier alpha value is -3.44. The fraction of sp³-hybridized carbons (Fsp3) is 0.318. The van der Waals surface area contributed by atoms with Crippen LogP contribution in [0.4, 0.5) is 5.95 Å². The summed E-state index contributed by atoms with van der Waals surface area (Å²) >= 11 is 0. The van der Waals surface area contributed by atoms with Gasteiger partial charge in [-0.3, -0.25) is 15.2 Å². The summed E-state index contributed by atoms with van der Waals surface area (Å²) < 4.78 is 38.4. The first kappa shape index (κ1) is 24.2. The third-order valence-corrected chi connectivity index (χ3v) is 6.68. The highest BCUT2D eigenvalue weighted by Crippen LogP contribution is 2.31. The summed E-state index contributed by atoms with van der Waals surface area (Å²) in [5.41, 5.74) is 2.95. The smallest absolute Gasteiger partial charge is 0.249 e. The summed E-state index contributed by atoms with van der Waals surface area (Å²) in [6, 6.07) is 8.84. The largest absolute Gasteiger partial charge is 0.497 e. The molecule has 176 valence electrons. The minimum atomic E-state index is -3.74. The van der Waals surface area contributed by atoms with Gasteiger partial charge >= 0.3 is 0 Å². The van der Waals surface area contributed by atoms with Crippen molar-refractivity contribution in [2.75, 3.05) is 26.1 Å². The molecule has 0 saturated heterocycles. The van der Waals surface area contributed by atoms with E-state index in [-0.39, 0.29) is 23.8 Å². The SMILES string of the molecule is COc1ccc(-c2nc(NC(=O)CCNS(=O)(=O)c3c(C)cc(C)cc3C)n[nH]2)c(OC)c1. The van der Waals surface area contributed by atoms with Gasteiger partial charge in [-0.05, 0) is 44.0 Å². The number of anilines is 1. The van der Waals surface area contributed by atoms with Crippen molar-refractivity contribution >= 4 is 21.9 Å². The van der Waals surface area contributed by atoms with Crippen molar-refractivity contribution in [3.05, 3.63) is 47.0 Å². The summed E-state index contributed by atoms with van der Waals surface area (Å²) in [5, 5.41) is 9.30. The number of methoxy groups -OCH3 is 2. The highest BCUT2D eigenvalue weighted by Gasteiger charge is 2.20. The Balaban J connectivity index is 1.61. The molecule has 1 aromatic heterocycles. The normalized spacial score (nSPS) is 11.3. The van der Waals surface area contributed by atoms with E-state index in [0.29, 0.717) is 34.0 Å². The van der Waals surface area contributed by atoms with Crippen LogP contribution >= 0.6 is 0 Å². The number of nitrogens with one attached hydrogen (secondary N) is 3. The van der Waals surface area contributed by atoms with Gasteiger partial charge < -0.3 is 9.47 Å². The summed E-state index contributed by atoms with van der Waals surface area (Å²) in [5.74, 6) is 1.20. The van der Waals surface area contributed by atoms with E-state index in [4.69, 9.17) is 9.47 Å². The summed E-state index contributed by atoms with van der Waals surface area (Å²) in [6.45, 7) is 5.34. The van der Waals surface area contributed by atoms with Gasteiger partial charge in [0.05, 0.1) is 24.7 Å². The molecule has 1 amide bonds. The van der Waals surface area contributed by atoms with Crippen LogP contribution in [-0.2, 0) is 14.8 Å². The molecule has 0 aliphatic carbocycles. The zero-order chi connectivity index (χ0) is 24.2. The number of nitrogens with zero attached hydrogens (tertiary/aromatic N) is 2. The Kier molecular flexibility index (Phi) is 7.34. The monoisotopic (exact) mass is 473 g/mol. The lowest BCUT2D eigenvalue weighted by molar-refractivity contribution is -0.116. The Morgan fingerprint density at radius 1 is 1.06 bits per heavy atom. The van der Waals surface area contributed by atoms with Crippen molar-refractivity contribution in [1.82, 2.24) is 19.9 Å². The van der Waals surface area contributed by atoms with Gasteiger partial charge in [-0.25, -0.2) is 13.1 Å². The number of carbonyl (C=O) groups excluding carboxylic acids is 1. The third-order valence-electron chi connectivity index (χ3n) is 4.92. The molecule has 11 heteroatoms. The van der Waals surface area contributed by atoms with Crippen LogP contribution < -0.4 is 19.5 Å². The lowest BCUT2D eigenvalue weighted by Crippen LogP contribution is -2.29. The molecule has 0 unspecified atom stereocenters. The molecule has 3 rings (SSSR count). The quantitative estimate of drug-likeness (QED) is 0.435. The fourth-order valence-electron chi connectivity index (χ4n) is 3.58. The van der Waals surface area contributed by atoms with Crippen LogP contribution in [0, 0.1) is 20.8 Å². The topological polar surface area (TPSA) is 135 Å². The Bertz CT molecular complexity index is 1250. The number of rotatable bonds is 9. The number of ether oxygens (including phenoxy) is 2. The number of aromatic nitrogens is 3.